The first-order valence-electron chi connectivity index (χ1n) is 3.96. The first-order valence-corrected chi connectivity index (χ1v) is 5.36. The van der Waals surface area contributed by atoms with E-state index >= 15 is 0 Å². The van der Waals surface area contributed by atoms with Crippen LogP contribution < -0.4 is 0 Å². The van der Waals surface area contributed by atoms with Gasteiger partial charge in [0.05, 0.1) is 0 Å². The summed E-state index contributed by atoms with van der Waals surface area (Å²) >= 11 is 0. The van der Waals surface area contributed by atoms with Crippen LogP contribution in [0.25, 0.3) is 0 Å². The minimum Gasteiger partial charge on any atom is -0.161 e. The molecule has 2 nitrogen and oxygen atoms in total. The van der Waals surface area contributed by atoms with Crippen molar-refractivity contribution in [2.45, 2.75) is 12.8 Å². The van der Waals surface area contributed by atoms with Crippen molar-refractivity contribution in [1.29, 1.82) is 0 Å². The summed E-state index contributed by atoms with van der Waals surface area (Å²) in [7, 11) is -1.95. The van der Waals surface area contributed by atoms with E-state index in [2.05, 4.69) is 0 Å². The number of rotatable bonds is 4. The van der Waals surface area contributed by atoms with E-state index in [-0.39, 0.29) is 0 Å². The third-order valence-corrected chi connectivity index (χ3v) is 2.36. The van der Waals surface area contributed by atoms with Gasteiger partial charge in [-0.15, -0.1) is 0 Å². The molecule has 1 aromatic rings. The Balaban J connectivity index is 2.29. The molecule has 0 saturated carbocycles. The van der Waals surface area contributed by atoms with Gasteiger partial charge in [0.25, 0.3) is 0 Å². The largest absolute Gasteiger partial charge is 0.505 e. The predicted octanol–water partition coefficient (Wildman–Crippen LogP) is 2.35. The molecule has 0 aliphatic heterocycles. The molecule has 64 valence electrons. The van der Waals surface area contributed by atoms with Gasteiger partial charge in [-0.25, -0.2) is 0 Å². The lowest BCUT2D eigenvalue weighted by Crippen LogP contribution is -1.86. The van der Waals surface area contributed by atoms with Crippen molar-refractivity contribution in [2.75, 3.05) is 6.16 Å². The average Bonchev–Trinajstić information content (AvgIpc) is 2.05. The predicted molar refractivity (Wildman–Crippen MR) is 49.5 cm³/mol. The fourth-order valence-electron chi connectivity index (χ4n) is 1.06. The number of benzene rings is 1. The minimum atomic E-state index is -1.95. The highest BCUT2D eigenvalue weighted by Crippen LogP contribution is 2.15. The molecule has 0 fully saturated rings. The van der Waals surface area contributed by atoms with E-state index in [4.69, 9.17) is 4.89 Å². The van der Waals surface area contributed by atoms with Gasteiger partial charge in [0, 0.05) is 0 Å². The molecule has 0 bridgehead atoms. The molecule has 1 unspecified atom stereocenters. The standard InChI is InChI=1S/C9H11O2P/c10-12(11)8-4-7-9-5-2-1-3-6-9/h1-3,5-6H,4,7-8H2/p+1. The summed E-state index contributed by atoms with van der Waals surface area (Å²) in [4.78, 5) is 8.54. The van der Waals surface area contributed by atoms with Crippen LogP contribution >= 0.6 is 8.03 Å². The zero-order valence-corrected chi connectivity index (χ0v) is 7.71. The lowest BCUT2D eigenvalue weighted by molar-refractivity contribution is 0.501. The van der Waals surface area contributed by atoms with Gasteiger partial charge in [0.15, 0.2) is 6.16 Å². The molecule has 0 saturated heterocycles. The smallest absolute Gasteiger partial charge is 0.161 e. The normalized spacial score (nSPS) is 11.2. The maximum absolute atomic E-state index is 10.3. The summed E-state index contributed by atoms with van der Waals surface area (Å²) in [6.07, 6.45) is 2.09. The van der Waals surface area contributed by atoms with E-state index in [9.17, 15) is 4.57 Å². The Morgan fingerprint density at radius 2 is 1.92 bits per heavy atom. The Hall–Kier alpha value is -0.720. The van der Waals surface area contributed by atoms with Crippen LogP contribution in [0.2, 0.25) is 0 Å². The lowest BCUT2D eigenvalue weighted by atomic mass is 10.1. The highest BCUT2D eigenvalue weighted by Gasteiger charge is 2.07. The Morgan fingerprint density at radius 1 is 1.25 bits per heavy atom. The second-order valence-corrected chi connectivity index (χ2v) is 3.82. The van der Waals surface area contributed by atoms with Crippen LogP contribution in [0.15, 0.2) is 30.3 Å². The first-order chi connectivity index (χ1) is 5.79. The molecular formula is C9H12O2P+. The van der Waals surface area contributed by atoms with Crippen molar-refractivity contribution in [3.63, 3.8) is 0 Å². The van der Waals surface area contributed by atoms with Gasteiger partial charge in [-0.05, 0) is 23.0 Å². The van der Waals surface area contributed by atoms with Gasteiger partial charge < -0.3 is 0 Å². The van der Waals surface area contributed by atoms with Crippen LogP contribution in [-0.2, 0) is 11.0 Å². The van der Waals surface area contributed by atoms with Gasteiger partial charge in [0.2, 0.25) is 0 Å². The van der Waals surface area contributed by atoms with Crippen molar-refractivity contribution < 1.29 is 9.46 Å². The summed E-state index contributed by atoms with van der Waals surface area (Å²) in [5.41, 5.74) is 1.23. The molecule has 0 spiro atoms. The van der Waals surface area contributed by atoms with Crippen LogP contribution in [0.5, 0.6) is 0 Å². The fourth-order valence-corrected chi connectivity index (χ4v) is 1.49. The van der Waals surface area contributed by atoms with E-state index in [0.717, 1.165) is 12.8 Å². The van der Waals surface area contributed by atoms with Gasteiger partial charge in [-0.3, -0.25) is 0 Å². The van der Waals surface area contributed by atoms with E-state index < -0.39 is 8.03 Å². The quantitative estimate of drug-likeness (QED) is 0.727. The van der Waals surface area contributed by atoms with Gasteiger partial charge in [-0.2, -0.15) is 4.89 Å². The number of aryl methyl sites for hydroxylation is 1. The highest BCUT2D eigenvalue weighted by atomic mass is 31.1. The summed E-state index contributed by atoms with van der Waals surface area (Å²) < 4.78 is 10.3. The van der Waals surface area contributed by atoms with Gasteiger partial charge in [0.1, 0.15) is 0 Å². The number of hydrogen-bond acceptors (Lipinski definition) is 1. The molecule has 0 amide bonds. The molecule has 0 aliphatic carbocycles. The zero-order valence-electron chi connectivity index (χ0n) is 6.81. The Bertz CT molecular complexity index is 246. The summed E-state index contributed by atoms with van der Waals surface area (Å²) in [5, 5.41) is 0. The van der Waals surface area contributed by atoms with Crippen LogP contribution in [0.3, 0.4) is 0 Å². The van der Waals surface area contributed by atoms with Crippen molar-refractivity contribution in [3.05, 3.63) is 35.9 Å². The monoisotopic (exact) mass is 183 g/mol. The van der Waals surface area contributed by atoms with E-state index in [0.29, 0.717) is 6.16 Å². The van der Waals surface area contributed by atoms with Crippen LogP contribution in [0.4, 0.5) is 0 Å². The van der Waals surface area contributed by atoms with Gasteiger partial charge >= 0.3 is 8.03 Å². The zero-order chi connectivity index (χ0) is 8.81. The molecule has 3 heteroatoms. The van der Waals surface area contributed by atoms with Crippen LogP contribution in [0, 0.1) is 0 Å². The maximum Gasteiger partial charge on any atom is 0.505 e. The van der Waals surface area contributed by atoms with Crippen LogP contribution in [0.1, 0.15) is 12.0 Å². The molecule has 1 atom stereocenters. The Kier molecular flexibility index (Phi) is 3.92. The maximum atomic E-state index is 10.3. The topological polar surface area (TPSA) is 37.3 Å². The molecular weight excluding hydrogens is 171 g/mol. The second kappa shape index (κ2) is 5.02. The van der Waals surface area contributed by atoms with Crippen molar-refractivity contribution in [2.24, 2.45) is 0 Å². The summed E-state index contributed by atoms with van der Waals surface area (Å²) in [5.74, 6) is 0. The molecule has 0 heterocycles. The molecule has 0 aromatic heterocycles. The molecule has 0 aliphatic rings. The van der Waals surface area contributed by atoms with E-state index in [1.54, 1.807) is 0 Å². The highest BCUT2D eigenvalue weighted by molar-refractivity contribution is 7.37. The summed E-state index contributed by atoms with van der Waals surface area (Å²) in [6, 6.07) is 9.99. The van der Waals surface area contributed by atoms with Crippen molar-refractivity contribution >= 4 is 8.03 Å². The first kappa shape index (κ1) is 9.37. The fraction of sp³-hybridized carbons (Fsp3) is 0.333. The molecule has 0 radical (unpaired) electrons. The molecule has 1 aromatic carbocycles. The van der Waals surface area contributed by atoms with Gasteiger partial charge in [-0.1, -0.05) is 30.3 Å². The Morgan fingerprint density at radius 3 is 2.50 bits per heavy atom. The van der Waals surface area contributed by atoms with E-state index in [1.165, 1.54) is 5.56 Å². The minimum absolute atomic E-state index is 0.407. The van der Waals surface area contributed by atoms with E-state index in [1.807, 2.05) is 30.3 Å². The van der Waals surface area contributed by atoms with Crippen LogP contribution in [-0.4, -0.2) is 11.1 Å². The van der Waals surface area contributed by atoms with Crippen molar-refractivity contribution in [3.8, 4) is 0 Å². The summed E-state index contributed by atoms with van der Waals surface area (Å²) in [6.45, 7) is 0. The SMILES string of the molecule is O=[P+](O)CCCc1ccccc1. The Labute approximate surface area is 73.1 Å². The number of hydrogen-bond donors (Lipinski definition) is 1. The molecule has 12 heavy (non-hydrogen) atoms. The average molecular weight is 183 g/mol. The van der Waals surface area contributed by atoms with Crippen molar-refractivity contribution in [1.82, 2.24) is 0 Å². The third-order valence-electron chi connectivity index (χ3n) is 1.66. The lowest BCUT2D eigenvalue weighted by Gasteiger charge is -1.94. The molecule has 1 N–H and O–H groups in total. The second-order valence-electron chi connectivity index (χ2n) is 2.66. The third kappa shape index (κ3) is 3.61. The molecule has 1 rings (SSSR count).